The molecule has 2 saturated heterocycles. The van der Waals surface area contributed by atoms with E-state index in [0.29, 0.717) is 34.5 Å². The zero-order chi connectivity index (χ0) is 22.8. The number of nitrogens with zero attached hydrogens (tertiary/aromatic N) is 4. The number of halogens is 1. The first kappa shape index (κ1) is 20.4. The van der Waals surface area contributed by atoms with E-state index in [0.717, 1.165) is 24.3 Å². The zero-order valence-electron chi connectivity index (χ0n) is 17.9. The maximum absolute atomic E-state index is 9.92. The van der Waals surface area contributed by atoms with E-state index in [1.165, 1.54) is 11.3 Å². The third-order valence-corrected chi connectivity index (χ3v) is 6.89. The van der Waals surface area contributed by atoms with Gasteiger partial charge in [-0.1, -0.05) is 23.7 Å². The molecule has 3 aliphatic rings. The molecule has 2 fully saturated rings. The van der Waals surface area contributed by atoms with Crippen molar-refractivity contribution in [2.24, 2.45) is 0 Å². The summed E-state index contributed by atoms with van der Waals surface area (Å²) in [6.07, 6.45) is 0.237. The number of aliphatic hydroxyl groups is 1. The second-order valence-corrected chi connectivity index (χ2v) is 9.14. The molecule has 6 heterocycles. The first-order valence-electron chi connectivity index (χ1n) is 11.2. The molecule has 2 unspecified atom stereocenters. The number of aromatic nitrogens is 5. The van der Waals surface area contributed by atoms with Crippen LogP contribution in [0.4, 0.5) is 0 Å². The van der Waals surface area contributed by atoms with Crippen molar-refractivity contribution >= 4 is 22.8 Å². The third-order valence-electron chi connectivity index (χ3n) is 6.60. The predicted molar refractivity (Wildman–Crippen MR) is 122 cm³/mol. The number of fused-ring (bicyclic) bond motifs is 3. The molecule has 3 aliphatic heterocycles. The highest BCUT2D eigenvalue weighted by Gasteiger charge is 2.48. The van der Waals surface area contributed by atoms with E-state index in [2.05, 4.69) is 25.4 Å². The molecule has 7 rings (SSSR count). The molecule has 10 nitrogen and oxygen atoms in total. The molecule has 0 spiro atoms. The number of aromatic amines is 1. The summed E-state index contributed by atoms with van der Waals surface area (Å²) in [5.74, 6) is 0. The van der Waals surface area contributed by atoms with Gasteiger partial charge in [-0.3, -0.25) is 0 Å². The number of ether oxygens (including phenoxy) is 3. The number of benzene rings is 1. The molecule has 4 atom stereocenters. The molecule has 3 N–H and O–H groups in total. The van der Waals surface area contributed by atoms with Crippen LogP contribution in [-0.2, 0) is 22.6 Å². The summed E-state index contributed by atoms with van der Waals surface area (Å²) >= 11 is 6.58. The Morgan fingerprint density at radius 3 is 2.82 bits per heavy atom. The van der Waals surface area contributed by atoms with Crippen molar-refractivity contribution in [1.29, 1.82) is 0 Å². The first-order chi connectivity index (χ1) is 16.6. The summed E-state index contributed by atoms with van der Waals surface area (Å²) < 4.78 is 19.2. The normalized spacial score (nSPS) is 25.7. The summed E-state index contributed by atoms with van der Waals surface area (Å²) in [5, 5.41) is 18.3. The lowest BCUT2D eigenvalue weighted by Crippen LogP contribution is -2.34. The van der Waals surface area contributed by atoms with Gasteiger partial charge in [-0.15, -0.1) is 0 Å². The highest BCUT2D eigenvalue weighted by atomic mass is 35.5. The molecule has 0 aliphatic carbocycles. The van der Waals surface area contributed by atoms with Gasteiger partial charge in [-0.25, -0.2) is 9.67 Å². The van der Waals surface area contributed by atoms with E-state index >= 15 is 0 Å². The van der Waals surface area contributed by atoms with Gasteiger partial charge in [-0.05, 0) is 18.2 Å². The van der Waals surface area contributed by atoms with Gasteiger partial charge < -0.3 is 29.6 Å². The van der Waals surface area contributed by atoms with Gasteiger partial charge in [0, 0.05) is 24.2 Å². The van der Waals surface area contributed by atoms with E-state index in [-0.39, 0.29) is 24.9 Å². The fraction of sp³-hybridized carbons (Fsp3) is 0.348. The van der Waals surface area contributed by atoms with Crippen LogP contribution < -0.4 is 10.1 Å². The Bertz CT molecular complexity index is 1390. The average molecular weight is 481 g/mol. The number of H-pyrrole nitrogens is 1. The van der Waals surface area contributed by atoms with Crippen LogP contribution in [0.2, 0.25) is 5.02 Å². The molecule has 4 aromatic rings. The van der Waals surface area contributed by atoms with E-state index < -0.39 is 6.10 Å². The maximum Gasteiger partial charge on any atom is 0.296 e. The Morgan fingerprint density at radius 2 is 1.94 bits per heavy atom. The molecule has 1 aromatic carbocycles. The minimum absolute atomic E-state index is 0.244. The fourth-order valence-corrected chi connectivity index (χ4v) is 5.15. The maximum atomic E-state index is 9.92. The lowest BCUT2D eigenvalue weighted by molar-refractivity contribution is 0.00706. The molecular formula is C23H21ClN6O4. The lowest BCUT2D eigenvalue weighted by atomic mass is 10.1. The summed E-state index contributed by atoms with van der Waals surface area (Å²) in [5.41, 5.74) is 6.08. The Labute approximate surface area is 198 Å². The predicted octanol–water partition coefficient (Wildman–Crippen LogP) is 1.97. The minimum Gasteiger partial charge on any atom is -0.456 e. The van der Waals surface area contributed by atoms with E-state index in [9.17, 15) is 5.11 Å². The van der Waals surface area contributed by atoms with Crippen LogP contribution in [0.25, 0.3) is 28.1 Å². The number of pyridine rings is 1. The Hall–Kier alpha value is -3.02. The third kappa shape index (κ3) is 3.22. The van der Waals surface area contributed by atoms with Crippen LogP contribution in [0.15, 0.2) is 36.5 Å². The summed E-state index contributed by atoms with van der Waals surface area (Å²) in [4.78, 5) is 12.3. The van der Waals surface area contributed by atoms with E-state index in [1.54, 1.807) is 6.07 Å². The van der Waals surface area contributed by atoms with Crippen LogP contribution in [0.3, 0.4) is 0 Å². The van der Waals surface area contributed by atoms with Gasteiger partial charge in [0.15, 0.2) is 11.8 Å². The molecule has 34 heavy (non-hydrogen) atoms. The lowest BCUT2D eigenvalue weighted by Gasteiger charge is -2.15. The van der Waals surface area contributed by atoms with Crippen LogP contribution in [0.5, 0.6) is 6.01 Å². The van der Waals surface area contributed by atoms with Gasteiger partial charge in [0.2, 0.25) is 0 Å². The number of imidazole rings is 1. The van der Waals surface area contributed by atoms with Gasteiger partial charge in [0.05, 0.1) is 47.0 Å². The zero-order valence-corrected chi connectivity index (χ0v) is 18.7. The highest BCUT2D eigenvalue weighted by molar-refractivity contribution is 6.33. The van der Waals surface area contributed by atoms with Crippen molar-refractivity contribution in [2.45, 2.75) is 37.5 Å². The Kier molecular flexibility index (Phi) is 4.64. The molecule has 3 aromatic heterocycles. The van der Waals surface area contributed by atoms with Crippen molar-refractivity contribution in [3.8, 4) is 23.0 Å². The first-order valence-corrected chi connectivity index (χ1v) is 11.5. The molecule has 0 bridgehead atoms. The topological polar surface area (TPSA) is 119 Å². The summed E-state index contributed by atoms with van der Waals surface area (Å²) in [6, 6.07) is 10.1. The molecule has 0 amide bonds. The minimum atomic E-state index is -0.630. The molecule has 0 saturated carbocycles. The quantitative estimate of drug-likeness (QED) is 0.405. The number of hydrogen-bond donors (Lipinski definition) is 3. The Balaban J connectivity index is 1.15. The van der Waals surface area contributed by atoms with Gasteiger partial charge >= 0.3 is 0 Å². The molecule has 11 heteroatoms. The summed E-state index contributed by atoms with van der Waals surface area (Å²) in [7, 11) is 0. The van der Waals surface area contributed by atoms with Crippen molar-refractivity contribution in [1.82, 2.24) is 30.0 Å². The van der Waals surface area contributed by atoms with Crippen LogP contribution >= 0.6 is 11.6 Å². The van der Waals surface area contributed by atoms with Gasteiger partial charge in [0.1, 0.15) is 18.3 Å². The molecular weight excluding hydrogens is 460 g/mol. The number of aliphatic hydroxyl groups excluding tert-OH is 1. The SMILES string of the molecule is O[C@@H]1COC2C1OC[C@H]2Oc1nc2nc(-c3ccc(-n4ncc5c4CNC5)cc3)c(Cl)cc2[nH]1. The van der Waals surface area contributed by atoms with E-state index in [4.69, 9.17) is 25.8 Å². The largest absolute Gasteiger partial charge is 0.456 e. The number of rotatable bonds is 4. The summed E-state index contributed by atoms with van der Waals surface area (Å²) in [6.45, 7) is 2.23. The standard InChI is InChI=1S/C23H21ClN6O4/c24-14-5-15-22(29-23(27-15)34-18-10-33-20-17(31)9-32-21(18)20)28-19(14)11-1-3-13(4-2-11)30-16-8-25-6-12(16)7-26-30/h1-5,7,17-18,20-21,25,31H,6,8-10H2,(H,27,28,29)/t17-,18-,20?,21?/m1/s1. The Morgan fingerprint density at radius 1 is 1.09 bits per heavy atom. The van der Waals surface area contributed by atoms with Gasteiger partial charge in [0.25, 0.3) is 6.01 Å². The number of hydrogen-bond acceptors (Lipinski definition) is 8. The highest BCUT2D eigenvalue weighted by Crippen LogP contribution is 2.32. The van der Waals surface area contributed by atoms with Crippen LogP contribution in [0.1, 0.15) is 11.3 Å². The van der Waals surface area contributed by atoms with E-state index in [1.807, 2.05) is 35.1 Å². The average Bonchev–Trinajstić information content (AvgIpc) is 3.63. The molecule has 0 radical (unpaired) electrons. The van der Waals surface area contributed by atoms with Gasteiger partial charge in [-0.2, -0.15) is 10.1 Å². The number of nitrogens with one attached hydrogen (secondary N) is 2. The smallest absolute Gasteiger partial charge is 0.296 e. The second kappa shape index (κ2) is 7.76. The van der Waals surface area contributed by atoms with Crippen molar-refractivity contribution in [3.63, 3.8) is 0 Å². The fourth-order valence-electron chi connectivity index (χ4n) is 4.88. The van der Waals surface area contributed by atoms with Crippen LogP contribution in [-0.4, -0.2) is 67.5 Å². The second-order valence-electron chi connectivity index (χ2n) is 8.73. The van der Waals surface area contributed by atoms with Crippen molar-refractivity contribution in [3.05, 3.63) is 52.8 Å². The van der Waals surface area contributed by atoms with Crippen molar-refractivity contribution in [2.75, 3.05) is 13.2 Å². The molecule has 174 valence electrons. The van der Waals surface area contributed by atoms with Crippen LogP contribution in [0, 0.1) is 0 Å². The van der Waals surface area contributed by atoms with Crippen molar-refractivity contribution < 1.29 is 19.3 Å². The monoisotopic (exact) mass is 480 g/mol.